The number of methoxy groups -OCH3 is 1. The molecule has 0 bridgehead atoms. The van der Waals surface area contributed by atoms with Gasteiger partial charge in [-0.3, -0.25) is 4.79 Å². The minimum Gasteiger partial charge on any atom is -0.497 e. The standard InChI is InChI=1S/C17H26N2O4/c1-18(7-8-20)9-14-10-19(11-15(14)12-21)17(22)13-3-5-16(23-2)6-4-13/h3-6,14-15,20-21H,7-12H2,1-2H3/t14-,15-/m1/s1. The van der Waals surface area contributed by atoms with E-state index in [1.807, 2.05) is 11.9 Å². The largest absolute Gasteiger partial charge is 0.497 e. The van der Waals surface area contributed by atoms with Crippen LogP contribution in [0.2, 0.25) is 0 Å². The Morgan fingerprint density at radius 3 is 2.48 bits per heavy atom. The Morgan fingerprint density at radius 2 is 1.91 bits per heavy atom. The van der Waals surface area contributed by atoms with Gasteiger partial charge in [0.1, 0.15) is 5.75 Å². The summed E-state index contributed by atoms with van der Waals surface area (Å²) in [6, 6.07) is 7.08. The van der Waals surface area contributed by atoms with Crippen LogP contribution in [-0.4, -0.2) is 79.5 Å². The zero-order valence-corrected chi connectivity index (χ0v) is 13.8. The fourth-order valence-corrected chi connectivity index (χ4v) is 3.10. The third kappa shape index (κ3) is 4.43. The van der Waals surface area contributed by atoms with Gasteiger partial charge in [-0.15, -0.1) is 0 Å². The molecule has 0 unspecified atom stereocenters. The third-order valence-electron chi connectivity index (χ3n) is 4.46. The maximum Gasteiger partial charge on any atom is 0.253 e. The highest BCUT2D eigenvalue weighted by Gasteiger charge is 2.35. The van der Waals surface area contributed by atoms with E-state index in [2.05, 4.69) is 0 Å². The first kappa shape index (κ1) is 17.7. The van der Waals surface area contributed by atoms with Gasteiger partial charge in [-0.1, -0.05) is 0 Å². The number of ether oxygens (including phenoxy) is 1. The van der Waals surface area contributed by atoms with Crippen molar-refractivity contribution in [2.45, 2.75) is 0 Å². The van der Waals surface area contributed by atoms with E-state index in [0.717, 1.165) is 12.3 Å². The Labute approximate surface area is 137 Å². The highest BCUT2D eigenvalue weighted by atomic mass is 16.5. The van der Waals surface area contributed by atoms with Crippen molar-refractivity contribution < 1.29 is 19.7 Å². The smallest absolute Gasteiger partial charge is 0.253 e. The molecule has 1 aromatic carbocycles. The van der Waals surface area contributed by atoms with Crippen molar-refractivity contribution in [2.24, 2.45) is 11.8 Å². The van der Waals surface area contributed by atoms with E-state index in [-0.39, 0.29) is 31.0 Å². The Hall–Kier alpha value is -1.63. The van der Waals surface area contributed by atoms with E-state index in [9.17, 15) is 9.90 Å². The Bertz CT molecular complexity index is 506. The number of benzene rings is 1. The second kappa shape index (κ2) is 8.29. The Balaban J connectivity index is 2.01. The van der Waals surface area contributed by atoms with Crippen LogP contribution in [0.15, 0.2) is 24.3 Å². The van der Waals surface area contributed by atoms with Gasteiger partial charge in [-0.2, -0.15) is 0 Å². The molecule has 1 aliphatic rings. The molecule has 0 saturated carbocycles. The van der Waals surface area contributed by atoms with Crippen LogP contribution in [0, 0.1) is 11.8 Å². The van der Waals surface area contributed by atoms with Gasteiger partial charge in [0.2, 0.25) is 0 Å². The van der Waals surface area contributed by atoms with Crippen molar-refractivity contribution in [3.63, 3.8) is 0 Å². The molecule has 1 aliphatic heterocycles. The zero-order valence-electron chi connectivity index (χ0n) is 13.8. The molecular weight excluding hydrogens is 296 g/mol. The van der Waals surface area contributed by atoms with Gasteiger partial charge >= 0.3 is 0 Å². The van der Waals surface area contributed by atoms with Crippen LogP contribution in [0.3, 0.4) is 0 Å². The number of hydrogen-bond donors (Lipinski definition) is 2. The van der Waals surface area contributed by atoms with Crippen LogP contribution in [0.25, 0.3) is 0 Å². The van der Waals surface area contributed by atoms with Crippen LogP contribution in [0.4, 0.5) is 0 Å². The summed E-state index contributed by atoms with van der Waals surface area (Å²) in [6.07, 6.45) is 0. The first-order valence-electron chi connectivity index (χ1n) is 7.92. The number of amides is 1. The summed E-state index contributed by atoms with van der Waals surface area (Å²) in [5.41, 5.74) is 0.631. The summed E-state index contributed by atoms with van der Waals surface area (Å²) < 4.78 is 5.11. The summed E-state index contributed by atoms with van der Waals surface area (Å²) in [5, 5.41) is 18.6. The fourth-order valence-electron chi connectivity index (χ4n) is 3.10. The number of carbonyl (C=O) groups excluding carboxylic acids is 1. The molecule has 0 radical (unpaired) electrons. The lowest BCUT2D eigenvalue weighted by atomic mass is 9.96. The maximum absolute atomic E-state index is 12.6. The lowest BCUT2D eigenvalue weighted by Crippen LogP contribution is -2.33. The number of aliphatic hydroxyl groups excluding tert-OH is 2. The Morgan fingerprint density at radius 1 is 1.26 bits per heavy atom. The van der Waals surface area contributed by atoms with E-state index in [4.69, 9.17) is 9.84 Å². The highest BCUT2D eigenvalue weighted by Crippen LogP contribution is 2.25. The monoisotopic (exact) mass is 322 g/mol. The average molecular weight is 322 g/mol. The van der Waals surface area contributed by atoms with Gasteiger partial charge < -0.3 is 24.7 Å². The van der Waals surface area contributed by atoms with Gasteiger partial charge in [-0.25, -0.2) is 0 Å². The predicted molar refractivity (Wildman–Crippen MR) is 87.5 cm³/mol. The highest BCUT2D eigenvalue weighted by molar-refractivity contribution is 5.94. The molecule has 2 N–H and O–H groups in total. The summed E-state index contributed by atoms with van der Waals surface area (Å²) >= 11 is 0. The number of likely N-dealkylation sites (N-methyl/N-ethyl adjacent to an activating group) is 1. The number of likely N-dealkylation sites (tertiary alicyclic amines) is 1. The van der Waals surface area contributed by atoms with E-state index in [1.54, 1.807) is 36.3 Å². The maximum atomic E-state index is 12.6. The molecule has 0 aromatic heterocycles. The molecule has 2 atom stereocenters. The SMILES string of the molecule is COc1ccc(C(=O)N2C[C@@H](CN(C)CCO)[C@@H](CO)C2)cc1. The molecular formula is C17H26N2O4. The van der Waals surface area contributed by atoms with E-state index in [0.29, 0.717) is 25.2 Å². The zero-order chi connectivity index (χ0) is 16.8. The Kier molecular flexibility index (Phi) is 6.38. The van der Waals surface area contributed by atoms with Crippen molar-refractivity contribution in [1.82, 2.24) is 9.80 Å². The van der Waals surface area contributed by atoms with E-state index < -0.39 is 0 Å². The summed E-state index contributed by atoms with van der Waals surface area (Å²) in [5.74, 6) is 1.01. The molecule has 0 aliphatic carbocycles. The lowest BCUT2D eigenvalue weighted by molar-refractivity contribution is 0.0779. The molecule has 1 heterocycles. The van der Waals surface area contributed by atoms with Crippen LogP contribution < -0.4 is 4.74 Å². The molecule has 2 rings (SSSR count). The normalized spacial score (nSPS) is 21.0. The number of nitrogens with zero attached hydrogens (tertiary/aromatic N) is 2. The quantitative estimate of drug-likeness (QED) is 0.755. The summed E-state index contributed by atoms with van der Waals surface area (Å²) in [7, 11) is 3.54. The van der Waals surface area contributed by atoms with Gasteiger partial charge in [0.15, 0.2) is 0 Å². The molecule has 6 nitrogen and oxygen atoms in total. The average Bonchev–Trinajstić information content (AvgIpc) is 2.97. The molecule has 128 valence electrons. The van der Waals surface area contributed by atoms with Crippen molar-refractivity contribution in [1.29, 1.82) is 0 Å². The third-order valence-corrected chi connectivity index (χ3v) is 4.46. The topological polar surface area (TPSA) is 73.2 Å². The molecule has 1 saturated heterocycles. The molecule has 23 heavy (non-hydrogen) atoms. The van der Waals surface area contributed by atoms with Crippen LogP contribution >= 0.6 is 0 Å². The molecule has 0 spiro atoms. The van der Waals surface area contributed by atoms with Crippen molar-refractivity contribution in [3.8, 4) is 5.75 Å². The molecule has 1 fully saturated rings. The van der Waals surface area contributed by atoms with Crippen LogP contribution in [0.1, 0.15) is 10.4 Å². The first-order valence-corrected chi connectivity index (χ1v) is 7.92. The number of hydrogen-bond acceptors (Lipinski definition) is 5. The number of aliphatic hydroxyl groups is 2. The minimum atomic E-state index is -0.0154. The first-order chi connectivity index (χ1) is 11.1. The van der Waals surface area contributed by atoms with Gasteiger partial charge in [0.05, 0.1) is 13.7 Å². The summed E-state index contributed by atoms with van der Waals surface area (Å²) in [4.78, 5) is 16.5. The predicted octanol–water partition coefficient (Wildman–Crippen LogP) is 0.300. The van der Waals surface area contributed by atoms with Crippen molar-refractivity contribution in [2.75, 3.05) is 53.6 Å². The van der Waals surface area contributed by atoms with E-state index in [1.165, 1.54) is 0 Å². The van der Waals surface area contributed by atoms with Gasteiger partial charge in [0.25, 0.3) is 5.91 Å². The van der Waals surface area contributed by atoms with E-state index >= 15 is 0 Å². The number of rotatable bonds is 7. The number of carbonyl (C=O) groups is 1. The second-order valence-electron chi connectivity index (χ2n) is 6.13. The summed E-state index contributed by atoms with van der Waals surface area (Å²) in [6.45, 7) is 2.75. The van der Waals surface area contributed by atoms with Gasteiger partial charge in [-0.05, 0) is 37.2 Å². The molecule has 6 heteroatoms. The second-order valence-corrected chi connectivity index (χ2v) is 6.13. The van der Waals surface area contributed by atoms with Crippen molar-refractivity contribution >= 4 is 5.91 Å². The van der Waals surface area contributed by atoms with Crippen molar-refractivity contribution in [3.05, 3.63) is 29.8 Å². The van der Waals surface area contributed by atoms with Crippen LogP contribution in [-0.2, 0) is 0 Å². The van der Waals surface area contributed by atoms with Gasteiger partial charge in [0, 0.05) is 44.3 Å². The fraction of sp³-hybridized carbons (Fsp3) is 0.588. The lowest BCUT2D eigenvalue weighted by Gasteiger charge is -2.23. The minimum absolute atomic E-state index is 0.0154. The van der Waals surface area contributed by atoms with Crippen LogP contribution in [0.5, 0.6) is 5.75 Å². The molecule has 1 amide bonds. The molecule has 1 aromatic rings.